The van der Waals surface area contributed by atoms with Crippen molar-refractivity contribution in [2.75, 3.05) is 6.54 Å². The van der Waals surface area contributed by atoms with Crippen LogP contribution in [0.25, 0.3) is 21.3 Å². The Morgan fingerprint density at radius 1 is 1.47 bits per heavy atom. The van der Waals surface area contributed by atoms with Crippen LogP contribution in [0.5, 0.6) is 0 Å². The Bertz CT molecular complexity index is 525. The van der Waals surface area contributed by atoms with Crippen LogP contribution in [0.15, 0.2) is 29.5 Å². The second kappa shape index (κ2) is 4.26. The molecule has 0 saturated heterocycles. The van der Waals surface area contributed by atoms with E-state index in [1.54, 1.807) is 0 Å². The lowest BCUT2D eigenvalue weighted by Gasteiger charge is -1.95. The Morgan fingerprint density at radius 3 is 3.13 bits per heavy atom. The molecule has 1 heterocycles. The molecule has 0 aliphatic heterocycles. The lowest BCUT2D eigenvalue weighted by Crippen LogP contribution is -1.85. The first-order valence-corrected chi connectivity index (χ1v) is 4.95. The molecule has 0 saturated carbocycles. The maximum Gasteiger partial charge on any atom is 0.0471 e. The third-order valence-electron chi connectivity index (χ3n) is 2.27. The number of halogens is 1. The number of nitrogens with one attached hydrogen (secondary N) is 1. The van der Waals surface area contributed by atoms with Gasteiger partial charge >= 0.3 is 0 Å². The first-order valence-electron chi connectivity index (χ1n) is 4.57. The zero-order valence-electron chi connectivity index (χ0n) is 7.94. The summed E-state index contributed by atoms with van der Waals surface area (Å²) in [4.78, 5) is 5.86. The van der Waals surface area contributed by atoms with Gasteiger partial charge in [0.25, 0.3) is 0 Å². The average Bonchev–Trinajstić information content (AvgIpc) is 2.61. The van der Waals surface area contributed by atoms with Crippen LogP contribution in [0.2, 0.25) is 5.02 Å². The molecule has 0 amide bonds. The van der Waals surface area contributed by atoms with Crippen molar-refractivity contribution in [3.05, 3.63) is 45.4 Å². The molecule has 1 N–H and O–H groups in total. The molecule has 1 aromatic heterocycles. The van der Waals surface area contributed by atoms with E-state index in [-0.39, 0.29) is 0 Å². The van der Waals surface area contributed by atoms with E-state index in [1.165, 1.54) is 0 Å². The zero-order valence-corrected chi connectivity index (χ0v) is 8.70. The molecular formula is C10H9ClN4. The van der Waals surface area contributed by atoms with Gasteiger partial charge in [0.2, 0.25) is 0 Å². The van der Waals surface area contributed by atoms with Crippen LogP contribution in [0, 0.1) is 0 Å². The molecular weight excluding hydrogens is 212 g/mol. The Labute approximate surface area is 91.5 Å². The van der Waals surface area contributed by atoms with E-state index in [4.69, 9.17) is 17.1 Å². The Morgan fingerprint density at radius 2 is 2.33 bits per heavy atom. The lowest BCUT2D eigenvalue weighted by atomic mass is 10.1. The van der Waals surface area contributed by atoms with Crippen molar-refractivity contribution in [3.63, 3.8) is 0 Å². The average molecular weight is 221 g/mol. The van der Waals surface area contributed by atoms with Crippen LogP contribution in [0.3, 0.4) is 0 Å². The van der Waals surface area contributed by atoms with Gasteiger partial charge in [-0.25, -0.2) is 0 Å². The minimum atomic E-state index is 0.478. The maximum atomic E-state index is 8.18. The molecule has 2 aromatic rings. The third-order valence-corrected chi connectivity index (χ3v) is 2.51. The number of aromatic amines is 1. The van der Waals surface area contributed by atoms with Crippen molar-refractivity contribution < 1.29 is 0 Å². The second-order valence-corrected chi connectivity index (χ2v) is 3.64. The second-order valence-electron chi connectivity index (χ2n) is 3.21. The summed E-state index contributed by atoms with van der Waals surface area (Å²) >= 11 is 5.87. The van der Waals surface area contributed by atoms with Gasteiger partial charge in [-0.3, -0.25) is 0 Å². The first-order chi connectivity index (χ1) is 7.31. The molecule has 15 heavy (non-hydrogen) atoms. The van der Waals surface area contributed by atoms with Crippen molar-refractivity contribution >= 4 is 22.5 Å². The standard InChI is InChI=1S/C10H9ClN4/c11-8-1-2-9-7(3-4-14-15-12)6-13-10(9)5-8/h1-2,5-6,13H,3-4H2. The van der Waals surface area contributed by atoms with Gasteiger partial charge in [0.05, 0.1) is 0 Å². The van der Waals surface area contributed by atoms with E-state index in [0.717, 1.165) is 22.9 Å². The smallest absolute Gasteiger partial charge is 0.0471 e. The van der Waals surface area contributed by atoms with Crippen LogP contribution in [0.1, 0.15) is 5.56 Å². The molecule has 0 aliphatic rings. The number of hydrogen-bond donors (Lipinski definition) is 1. The molecule has 0 bridgehead atoms. The number of H-pyrrole nitrogens is 1. The summed E-state index contributed by atoms with van der Waals surface area (Å²) in [5.41, 5.74) is 10.3. The highest BCUT2D eigenvalue weighted by atomic mass is 35.5. The predicted octanol–water partition coefficient (Wildman–Crippen LogP) is 3.67. The minimum absolute atomic E-state index is 0.478. The van der Waals surface area contributed by atoms with E-state index in [0.29, 0.717) is 11.6 Å². The lowest BCUT2D eigenvalue weighted by molar-refractivity contribution is 0.963. The van der Waals surface area contributed by atoms with E-state index in [9.17, 15) is 0 Å². The zero-order chi connectivity index (χ0) is 10.7. The molecule has 0 radical (unpaired) electrons. The van der Waals surface area contributed by atoms with Gasteiger partial charge in [0, 0.05) is 33.6 Å². The van der Waals surface area contributed by atoms with Gasteiger partial charge in [-0.1, -0.05) is 22.8 Å². The Balaban J connectivity index is 2.32. The molecule has 4 nitrogen and oxygen atoms in total. The van der Waals surface area contributed by atoms with Crippen molar-refractivity contribution in [3.8, 4) is 0 Å². The number of fused-ring (bicyclic) bond motifs is 1. The number of hydrogen-bond acceptors (Lipinski definition) is 1. The molecule has 0 unspecified atom stereocenters. The summed E-state index contributed by atoms with van der Waals surface area (Å²) in [6.07, 6.45) is 2.67. The summed E-state index contributed by atoms with van der Waals surface area (Å²) in [5.74, 6) is 0. The van der Waals surface area contributed by atoms with Crippen LogP contribution < -0.4 is 0 Å². The third kappa shape index (κ3) is 2.06. The molecule has 0 spiro atoms. The monoisotopic (exact) mass is 220 g/mol. The highest BCUT2D eigenvalue weighted by Gasteiger charge is 2.02. The molecule has 2 rings (SSSR count). The summed E-state index contributed by atoms with van der Waals surface area (Å²) in [5, 5.41) is 5.36. The summed E-state index contributed by atoms with van der Waals surface area (Å²) in [7, 11) is 0. The fraction of sp³-hybridized carbons (Fsp3) is 0.200. The fourth-order valence-electron chi connectivity index (χ4n) is 1.58. The number of rotatable bonds is 3. The highest BCUT2D eigenvalue weighted by molar-refractivity contribution is 6.31. The Kier molecular flexibility index (Phi) is 2.81. The molecule has 76 valence electrons. The molecule has 0 fully saturated rings. The van der Waals surface area contributed by atoms with Crippen molar-refractivity contribution in [1.29, 1.82) is 0 Å². The van der Waals surface area contributed by atoms with E-state index >= 15 is 0 Å². The largest absolute Gasteiger partial charge is 0.361 e. The number of azide groups is 1. The van der Waals surface area contributed by atoms with Gasteiger partial charge in [0.15, 0.2) is 0 Å². The maximum absolute atomic E-state index is 8.18. The van der Waals surface area contributed by atoms with Crippen molar-refractivity contribution in [2.45, 2.75) is 6.42 Å². The van der Waals surface area contributed by atoms with Crippen molar-refractivity contribution in [1.82, 2.24) is 4.98 Å². The SMILES string of the molecule is [N-]=[N+]=NCCc1c[nH]c2cc(Cl)ccc12. The summed E-state index contributed by atoms with van der Waals surface area (Å²) < 4.78 is 0. The van der Waals surface area contributed by atoms with Crippen LogP contribution in [0.4, 0.5) is 0 Å². The normalized spacial score (nSPS) is 10.2. The molecule has 0 atom stereocenters. The number of aromatic nitrogens is 1. The predicted molar refractivity (Wildman–Crippen MR) is 61.0 cm³/mol. The number of nitrogens with zero attached hydrogens (tertiary/aromatic N) is 3. The minimum Gasteiger partial charge on any atom is -0.361 e. The molecule has 0 aliphatic carbocycles. The summed E-state index contributed by atoms with van der Waals surface area (Å²) in [6.45, 7) is 0.478. The molecule has 5 heteroatoms. The van der Waals surface area contributed by atoms with E-state index in [1.807, 2.05) is 24.4 Å². The van der Waals surface area contributed by atoms with Gasteiger partial charge < -0.3 is 4.98 Å². The van der Waals surface area contributed by atoms with Gasteiger partial charge in [0.1, 0.15) is 0 Å². The van der Waals surface area contributed by atoms with Gasteiger partial charge in [-0.2, -0.15) is 0 Å². The molecule has 1 aromatic carbocycles. The number of benzene rings is 1. The van der Waals surface area contributed by atoms with Crippen molar-refractivity contribution in [2.24, 2.45) is 5.11 Å². The fourth-order valence-corrected chi connectivity index (χ4v) is 1.75. The van der Waals surface area contributed by atoms with E-state index < -0.39 is 0 Å². The highest BCUT2D eigenvalue weighted by Crippen LogP contribution is 2.22. The van der Waals surface area contributed by atoms with Crippen LogP contribution >= 0.6 is 11.6 Å². The van der Waals surface area contributed by atoms with Gasteiger partial charge in [-0.15, -0.1) is 0 Å². The quantitative estimate of drug-likeness (QED) is 0.466. The summed E-state index contributed by atoms with van der Waals surface area (Å²) in [6, 6.07) is 5.71. The van der Waals surface area contributed by atoms with E-state index in [2.05, 4.69) is 15.0 Å². The topological polar surface area (TPSA) is 64.6 Å². The van der Waals surface area contributed by atoms with Crippen LogP contribution in [-0.2, 0) is 6.42 Å². The Hall–Kier alpha value is -1.64. The van der Waals surface area contributed by atoms with Crippen LogP contribution in [-0.4, -0.2) is 11.5 Å². The first kappa shape index (κ1) is 9.90. The van der Waals surface area contributed by atoms with Gasteiger partial charge in [-0.05, 0) is 29.6 Å².